The van der Waals surface area contributed by atoms with E-state index in [2.05, 4.69) is 71.9 Å². The second-order valence-corrected chi connectivity index (χ2v) is 4.36. The highest BCUT2D eigenvalue weighted by atomic mass is 127. The van der Waals surface area contributed by atoms with E-state index in [4.69, 9.17) is 0 Å². The van der Waals surface area contributed by atoms with E-state index < -0.39 is 0 Å². The summed E-state index contributed by atoms with van der Waals surface area (Å²) in [5, 5.41) is 9.03. The van der Waals surface area contributed by atoms with Gasteiger partial charge in [-0.25, -0.2) is 4.99 Å². The number of nitrogens with zero attached hydrogens (tertiary/aromatic N) is 1. The van der Waals surface area contributed by atoms with Crippen molar-refractivity contribution in [1.82, 2.24) is 10.6 Å². The molecule has 0 atom stereocenters. The zero-order valence-electron chi connectivity index (χ0n) is 12.0. The average molecular weight is 383 g/mol. The molecule has 0 heterocycles. The molecule has 0 unspecified atom stereocenters. The van der Waals surface area contributed by atoms with E-state index in [0.717, 1.165) is 19.0 Å². The van der Waals surface area contributed by atoms with Gasteiger partial charge in [-0.2, -0.15) is 0 Å². The van der Waals surface area contributed by atoms with E-state index in [-0.39, 0.29) is 24.0 Å². The van der Waals surface area contributed by atoms with Crippen molar-refractivity contribution < 1.29 is 0 Å². The van der Waals surface area contributed by atoms with Crippen LogP contribution in [0.1, 0.15) is 19.4 Å². The van der Waals surface area contributed by atoms with Crippen LogP contribution in [0.3, 0.4) is 0 Å². The van der Waals surface area contributed by atoms with E-state index in [1.54, 1.807) is 0 Å². The molecule has 2 aromatic rings. The van der Waals surface area contributed by atoms with Gasteiger partial charge in [-0.1, -0.05) is 42.5 Å². The largest absolute Gasteiger partial charge is 0.357 e. The quantitative estimate of drug-likeness (QED) is 0.482. The summed E-state index contributed by atoms with van der Waals surface area (Å²) in [6.45, 7) is 6.59. The zero-order chi connectivity index (χ0) is 13.5. The molecule has 0 amide bonds. The Morgan fingerprint density at radius 2 is 1.60 bits per heavy atom. The highest BCUT2D eigenvalue weighted by Gasteiger charge is 2.00. The Labute approximate surface area is 137 Å². The highest BCUT2D eigenvalue weighted by molar-refractivity contribution is 14.0. The second-order valence-electron chi connectivity index (χ2n) is 4.36. The third-order valence-corrected chi connectivity index (χ3v) is 2.98. The Bertz CT molecular complexity index is 553. The van der Waals surface area contributed by atoms with Crippen molar-refractivity contribution in [2.45, 2.75) is 20.4 Å². The molecule has 2 aromatic carbocycles. The van der Waals surface area contributed by atoms with Crippen LogP contribution in [-0.2, 0) is 6.54 Å². The first-order chi connectivity index (χ1) is 9.35. The molecule has 0 aromatic heterocycles. The molecule has 0 aliphatic carbocycles. The van der Waals surface area contributed by atoms with Gasteiger partial charge in [0.25, 0.3) is 0 Å². The van der Waals surface area contributed by atoms with Gasteiger partial charge in [-0.15, -0.1) is 24.0 Å². The molecule has 108 valence electrons. The first-order valence-corrected chi connectivity index (χ1v) is 6.84. The predicted octanol–water partition coefficient (Wildman–Crippen LogP) is 3.53. The van der Waals surface area contributed by atoms with Crippen molar-refractivity contribution >= 4 is 40.7 Å². The van der Waals surface area contributed by atoms with Gasteiger partial charge in [0.15, 0.2) is 5.96 Å². The number of fused-ring (bicyclic) bond motifs is 1. The summed E-state index contributed by atoms with van der Waals surface area (Å²) in [6.07, 6.45) is 0. The maximum absolute atomic E-state index is 4.62. The van der Waals surface area contributed by atoms with Crippen molar-refractivity contribution in [2.24, 2.45) is 4.99 Å². The van der Waals surface area contributed by atoms with Gasteiger partial charge < -0.3 is 10.6 Å². The first kappa shape index (κ1) is 16.8. The van der Waals surface area contributed by atoms with Gasteiger partial charge in [-0.05, 0) is 30.2 Å². The van der Waals surface area contributed by atoms with E-state index >= 15 is 0 Å². The Kier molecular flexibility index (Phi) is 7.36. The molecule has 0 aliphatic heterocycles. The van der Waals surface area contributed by atoms with Crippen LogP contribution >= 0.6 is 24.0 Å². The molecule has 0 saturated heterocycles. The number of nitrogens with one attached hydrogen (secondary N) is 2. The monoisotopic (exact) mass is 383 g/mol. The number of halogens is 1. The van der Waals surface area contributed by atoms with Crippen molar-refractivity contribution in [3.05, 3.63) is 48.0 Å². The lowest BCUT2D eigenvalue weighted by molar-refractivity contribution is 0.840. The fraction of sp³-hybridized carbons (Fsp3) is 0.312. The van der Waals surface area contributed by atoms with Crippen LogP contribution in [0.4, 0.5) is 0 Å². The topological polar surface area (TPSA) is 36.4 Å². The maximum atomic E-state index is 4.62. The molecule has 0 radical (unpaired) electrons. The van der Waals surface area contributed by atoms with Gasteiger partial charge in [0.05, 0.1) is 6.54 Å². The third kappa shape index (κ3) is 4.37. The fourth-order valence-electron chi connectivity index (χ4n) is 2.10. The average Bonchev–Trinajstić information content (AvgIpc) is 2.45. The van der Waals surface area contributed by atoms with Crippen LogP contribution in [0.15, 0.2) is 47.5 Å². The van der Waals surface area contributed by atoms with Gasteiger partial charge >= 0.3 is 0 Å². The Hall–Kier alpha value is -1.30. The molecule has 0 aliphatic rings. The number of hydrogen-bond acceptors (Lipinski definition) is 1. The lowest BCUT2D eigenvalue weighted by atomic mass is 10.1. The zero-order valence-corrected chi connectivity index (χ0v) is 14.3. The summed E-state index contributed by atoms with van der Waals surface area (Å²) in [5.41, 5.74) is 1.26. The molecule has 2 rings (SSSR count). The summed E-state index contributed by atoms with van der Waals surface area (Å²) < 4.78 is 0. The van der Waals surface area contributed by atoms with Crippen LogP contribution in [0.5, 0.6) is 0 Å². The number of rotatable bonds is 4. The fourth-order valence-corrected chi connectivity index (χ4v) is 2.10. The molecule has 20 heavy (non-hydrogen) atoms. The first-order valence-electron chi connectivity index (χ1n) is 6.84. The predicted molar refractivity (Wildman–Crippen MR) is 97.9 cm³/mol. The highest BCUT2D eigenvalue weighted by Crippen LogP contribution is 2.18. The SMILES string of the molecule is CCNC(=NCc1cccc2ccccc12)NCC.I. The van der Waals surface area contributed by atoms with Crippen LogP contribution in [0.2, 0.25) is 0 Å². The molecular formula is C16H22IN3. The molecule has 0 spiro atoms. The molecular weight excluding hydrogens is 361 g/mol. The van der Waals surface area contributed by atoms with Crippen molar-refractivity contribution in [3.63, 3.8) is 0 Å². The minimum atomic E-state index is 0. The van der Waals surface area contributed by atoms with Crippen molar-refractivity contribution in [2.75, 3.05) is 13.1 Å². The molecule has 0 fully saturated rings. The number of hydrogen-bond donors (Lipinski definition) is 2. The number of benzene rings is 2. The van der Waals surface area contributed by atoms with Gasteiger partial charge in [-0.3, -0.25) is 0 Å². The van der Waals surface area contributed by atoms with E-state index in [1.165, 1.54) is 16.3 Å². The molecule has 3 nitrogen and oxygen atoms in total. The van der Waals surface area contributed by atoms with Crippen LogP contribution in [0.25, 0.3) is 10.8 Å². The summed E-state index contributed by atoms with van der Waals surface area (Å²) in [6, 6.07) is 14.8. The van der Waals surface area contributed by atoms with Crippen LogP contribution in [-0.4, -0.2) is 19.0 Å². The molecule has 2 N–H and O–H groups in total. The Morgan fingerprint density at radius 1 is 0.950 bits per heavy atom. The smallest absolute Gasteiger partial charge is 0.191 e. The number of aliphatic imine (C=N–C) groups is 1. The van der Waals surface area contributed by atoms with Gasteiger partial charge in [0.2, 0.25) is 0 Å². The summed E-state index contributed by atoms with van der Waals surface area (Å²) in [7, 11) is 0. The van der Waals surface area contributed by atoms with Gasteiger partial charge in [0, 0.05) is 13.1 Å². The molecule has 4 heteroatoms. The lowest BCUT2D eigenvalue weighted by Crippen LogP contribution is -2.36. The van der Waals surface area contributed by atoms with E-state index in [9.17, 15) is 0 Å². The summed E-state index contributed by atoms with van der Waals surface area (Å²) in [5.74, 6) is 0.873. The second kappa shape index (κ2) is 8.79. The maximum Gasteiger partial charge on any atom is 0.191 e. The Morgan fingerprint density at radius 3 is 2.30 bits per heavy atom. The number of guanidine groups is 1. The third-order valence-electron chi connectivity index (χ3n) is 2.98. The molecule has 0 saturated carbocycles. The van der Waals surface area contributed by atoms with Crippen molar-refractivity contribution in [1.29, 1.82) is 0 Å². The normalized spacial score (nSPS) is 9.70. The Balaban J connectivity index is 0.00000200. The van der Waals surface area contributed by atoms with E-state index in [0.29, 0.717) is 6.54 Å². The van der Waals surface area contributed by atoms with Crippen LogP contribution < -0.4 is 10.6 Å². The van der Waals surface area contributed by atoms with E-state index in [1.807, 2.05) is 0 Å². The lowest BCUT2D eigenvalue weighted by Gasteiger charge is -2.10. The summed E-state index contributed by atoms with van der Waals surface area (Å²) in [4.78, 5) is 4.62. The standard InChI is InChI=1S/C16H21N3.HI/c1-3-17-16(18-4-2)19-12-14-10-7-9-13-8-5-6-11-15(13)14;/h5-11H,3-4,12H2,1-2H3,(H2,17,18,19);1H. The molecule has 0 bridgehead atoms. The van der Waals surface area contributed by atoms with Crippen LogP contribution in [0, 0.1) is 0 Å². The van der Waals surface area contributed by atoms with Crippen molar-refractivity contribution in [3.8, 4) is 0 Å². The summed E-state index contributed by atoms with van der Waals surface area (Å²) >= 11 is 0. The van der Waals surface area contributed by atoms with Gasteiger partial charge in [0.1, 0.15) is 0 Å². The minimum Gasteiger partial charge on any atom is -0.357 e. The minimum absolute atomic E-state index is 0.